The van der Waals surface area contributed by atoms with Gasteiger partial charge >= 0.3 is 0 Å². The van der Waals surface area contributed by atoms with Crippen molar-refractivity contribution in [1.29, 1.82) is 0 Å². The maximum atomic E-state index is 11.3. The zero-order valence-electron chi connectivity index (χ0n) is 14.2. The van der Waals surface area contributed by atoms with Gasteiger partial charge in [0, 0.05) is 25.6 Å². The van der Waals surface area contributed by atoms with Crippen LogP contribution >= 0.6 is 0 Å². The summed E-state index contributed by atoms with van der Waals surface area (Å²) in [6, 6.07) is 3.77. The van der Waals surface area contributed by atoms with Gasteiger partial charge in [0.1, 0.15) is 28.2 Å². The number of aromatic nitrogens is 4. The second kappa shape index (κ2) is 6.95. The van der Waals surface area contributed by atoms with Gasteiger partial charge in [-0.1, -0.05) is 13.3 Å². The summed E-state index contributed by atoms with van der Waals surface area (Å²) in [7, 11) is 0. The number of fused-ring (bicyclic) bond motifs is 3. The van der Waals surface area contributed by atoms with Crippen molar-refractivity contribution in [3.63, 3.8) is 0 Å². The second-order valence-electron chi connectivity index (χ2n) is 6.15. The Labute approximate surface area is 141 Å². The molecule has 0 saturated carbocycles. The minimum absolute atomic E-state index is 0.207. The lowest BCUT2D eigenvalue weighted by molar-refractivity contribution is -0.117. The minimum atomic E-state index is 0.207. The van der Waals surface area contributed by atoms with Crippen molar-refractivity contribution in [1.82, 2.24) is 19.5 Å². The third-order valence-corrected chi connectivity index (χ3v) is 4.21. The van der Waals surface area contributed by atoms with E-state index in [0.717, 1.165) is 60.1 Å². The third kappa shape index (κ3) is 3.09. The van der Waals surface area contributed by atoms with E-state index >= 15 is 0 Å². The maximum Gasteiger partial charge on any atom is 0.152 e. The van der Waals surface area contributed by atoms with Crippen LogP contribution in [0, 0.1) is 0 Å². The summed E-state index contributed by atoms with van der Waals surface area (Å²) in [6.07, 6.45) is 6.17. The monoisotopic (exact) mass is 325 g/mol. The molecule has 0 aromatic carbocycles. The first kappa shape index (κ1) is 16.4. The molecule has 0 unspecified atom stereocenters. The van der Waals surface area contributed by atoms with E-state index in [1.54, 1.807) is 13.1 Å². The molecule has 3 heterocycles. The predicted octanol–water partition coefficient (Wildman–Crippen LogP) is 3.27. The molecule has 3 aromatic heterocycles. The Hall–Kier alpha value is -2.50. The fourth-order valence-corrected chi connectivity index (χ4v) is 3.02. The van der Waals surface area contributed by atoms with E-state index in [1.165, 1.54) is 0 Å². The van der Waals surface area contributed by atoms with E-state index in [-0.39, 0.29) is 5.78 Å². The molecule has 6 heteroatoms. The summed E-state index contributed by atoms with van der Waals surface area (Å²) in [5.41, 5.74) is 9.39. The summed E-state index contributed by atoms with van der Waals surface area (Å²) in [5.74, 6) is 1.65. The van der Waals surface area contributed by atoms with E-state index in [2.05, 4.69) is 21.5 Å². The molecule has 0 amide bonds. The third-order valence-electron chi connectivity index (χ3n) is 4.21. The van der Waals surface area contributed by atoms with Crippen LogP contribution < -0.4 is 5.73 Å². The number of unbranched alkanes of at least 4 members (excludes halogenated alkanes) is 1. The number of imidazole rings is 1. The molecule has 0 saturated heterocycles. The number of nitrogens with zero attached hydrogens (tertiary/aromatic N) is 4. The number of carbonyl (C=O) groups is 1. The lowest BCUT2D eigenvalue weighted by Gasteiger charge is -2.10. The normalized spacial score (nSPS) is 11.4. The Morgan fingerprint density at radius 3 is 2.83 bits per heavy atom. The number of pyridine rings is 2. The van der Waals surface area contributed by atoms with Crippen molar-refractivity contribution in [2.24, 2.45) is 0 Å². The van der Waals surface area contributed by atoms with Crippen molar-refractivity contribution in [2.45, 2.75) is 52.5 Å². The second-order valence-corrected chi connectivity index (χ2v) is 6.15. The highest BCUT2D eigenvalue weighted by Gasteiger charge is 2.17. The van der Waals surface area contributed by atoms with Crippen LogP contribution in [0.1, 0.15) is 45.4 Å². The molecule has 2 N–H and O–H groups in total. The van der Waals surface area contributed by atoms with E-state index in [1.807, 2.05) is 12.1 Å². The molecule has 3 rings (SSSR count). The van der Waals surface area contributed by atoms with Gasteiger partial charge in [0.25, 0.3) is 0 Å². The molecule has 0 fully saturated rings. The Morgan fingerprint density at radius 2 is 2.08 bits per heavy atom. The van der Waals surface area contributed by atoms with Crippen LogP contribution in [0.4, 0.5) is 5.82 Å². The molecule has 6 nitrogen and oxygen atoms in total. The van der Waals surface area contributed by atoms with Crippen molar-refractivity contribution < 1.29 is 4.79 Å². The smallest absolute Gasteiger partial charge is 0.152 e. The summed E-state index contributed by atoms with van der Waals surface area (Å²) in [5, 5.41) is 0. The first-order chi connectivity index (χ1) is 11.6. The van der Waals surface area contributed by atoms with Gasteiger partial charge in [0.15, 0.2) is 5.82 Å². The Morgan fingerprint density at radius 1 is 1.25 bits per heavy atom. The number of hydrogen-bond acceptors (Lipinski definition) is 5. The van der Waals surface area contributed by atoms with E-state index in [9.17, 15) is 4.79 Å². The quantitative estimate of drug-likeness (QED) is 0.720. The highest BCUT2D eigenvalue weighted by Crippen LogP contribution is 2.28. The zero-order valence-corrected chi connectivity index (χ0v) is 14.2. The van der Waals surface area contributed by atoms with Gasteiger partial charge in [0.05, 0.1) is 5.52 Å². The van der Waals surface area contributed by atoms with Gasteiger partial charge in [-0.25, -0.2) is 9.97 Å². The van der Waals surface area contributed by atoms with Gasteiger partial charge in [-0.15, -0.1) is 0 Å². The van der Waals surface area contributed by atoms with Crippen molar-refractivity contribution in [3.05, 3.63) is 24.2 Å². The Balaban J connectivity index is 2.16. The van der Waals surface area contributed by atoms with Crippen molar-refractivity contribution in [2.75, 3.05) is 5.73 Å². The maximum absolute atomic E-state index is 11.3. The lowest BCUT2D eigenvalue weighted by Crippen LogP contribution is -2.06. The topological polar surface area (TPSA) is 86.7 Å². The highest BCUT2D eigenvalue weighted by atomic mass is 16.1. The summed E-state index contributed by atoms with van der Waals surface area (Å²) >= 11 is 0. The number of rotatable bonds is 7. The molecule has 3 aromatic rings. The number of aryl methyl sites for hydroxylation is 2. The van der Waals surface area contributed by atoms with Crippen LogP contribution in [0.2, 0.25) is 0 Å². The summed E-state index contributed by atoms with van der Waals surface area (Å²) < 4.78 is 2.18. The molecular formula is C18H23N5O. The Kier molecular flexibility index (Phi) is 4.74. The SMILES string of the molecule is CCCCc1nc2c(N)nc3cccnc3c2n1CCCC(C)=O. The number of anilines is 1. The van der Waals surface area contributed by atoms with Crippen LogP contribution in [0.5, 0.6) is 0 Å². The molecule has 126 valence electrons. The van der Waals surface area contributed by atoms with Crippen LogP contribution in [0.3, 0.4) is 0 Å². The minimum Gasteiger partial charge on any atom is -0.382 e. The lowest BCUT2D eigenvalue weighted by atomic mass is 10.2. The average molecular weight is 325 g/mol. The first-order valence-electron chi connectivity index (χ1n) is 8.50. The summed E-state index contributed by atoms with van der Waals surface area (Å²) in [4.78, 5) is 25.0. The van der Waals surface area contributed by atoms with Gasteiger partial charge in [-0.3, -0.25) is 4.98 Å². The number of Topliss-reactive ketones (excluding diaryl/α,β-unsaturated/α-hetero) is 1. The molecule has 0 spiro atoms. The first-order valence-corrected chi connectivity index (χ1v) is 8.50. The largest absolute Gasteiger partial charge is 0.382 e. The molecule has 24 heavy (non-hydrogen) atoms. The average Bonchev–Trinajstić information content (AvgIpc) is 2.92. The fourth-order valence-electron chi connectivity index (χ4n) is 3.02. The van der Waals surface area contributed by atoms with Crippen molar-refractivity contribution >= 4 is 33.7 Å². The van der Waals surface area contributed by atoms with E-state index in [4.69, 9.17) is 10.7 Å². The molecule has 0 atom stereocenters. The molecule has 0 aliphatic rings. The number of ketones is 1. The van der Waals surface area contributed by atoms with Gasteiger partial charge in [0.2, 0.25) is 0 Å². The van der Waals surface area contributed by atoms with Crippen LogP contribution in [-0.2, 0) is 17.8 Å². The predicted molar refractivity (Wildman–Crippen MR) is 95.8 cm³/mol. The van der Waals surface area contributed by atoms with Crippen LogP contribution in [0.15, 0.2) is 18.3 Å². The molecule has 0 radical (unpaired) electrons. The molecule has 0 aliphatic heterocycles. The number of nitrogen functional groups attached to an aromatic ring is 1. The van der Waals surface area contributed by atoms with Crippen LogP contribution in [0.25, 0.3) is 22.1 Å². The van der Waals surface area contributed by atoms with Crippen molar-refractivity contribution in [3.8, 4) is 0 Å². The van der Waals surface area contributed by atoms with E-state index in [0.29, 0.717) is 12.2 Å². The number of hydrogen-bond donors (Lipinski definition) is 1. The standard InChI is InChI=1S/C18H23N5O/c1-3-4-9-14-22-16-17(23(14)11-6-7-12(2)24)15-13(21-18(16)19)8-5-10-20-15/h5,8,10H,3-4,6-7,9,11H2,1-2H3,(H2,19,21). The number of nitrogens with two attached hydrogens (primary N) is 1. The van der Waals surface area contributed by atoms with Gasteiger partial charge in [-0.05, 0) is 31.9 Å². The van der Waals surface area contributed by atoms with Gasteiger partial charge < -0.3 is 15.1 Å². The molecule has 0 bridgehead atoms. The molecule has 0 aliphatic carbocycles. The zero-order chi connectivity index (χ0) is 17.1. The highest BCUT2D eigenvalue weighted by molar-refractivity contribution is 6.04. The van der Waals surface area contributed by atoms with Crippen LogP contribution in [-0.4, -0.2) is 25.3 Å². The number of carbonyl (C=O) groups excluding carboxylic acids is 1. The molecular weight excluding hydrogens is 302 g/mol. The Bertz CT molecular complexity index is 884. The fraction of sp³-hybridized carbons (Fsp3) is 0.444. The van der Waals surface area contributed by atoms with E-state index < -0.39 is 0 Å². The summed E-state index contributed by atoms with van der Waals surface area (Å²) in [6.45, 7) is 4.53. The van der Waals surface area contributed by atoms with Gasteiger partial charge in [-0.2, -0.15) is 0 Å².